The van der Waals surface area contributed by atoms with Crippen LogP contribution in [0.3, 0.4) is 0 Å². The van der Waals surface area contributed by atoms with Gasteiger partial charge < -0.3 is 19.7 Å². The molecular formula is C15H17N3O6. The summed E-state index contributed by atoms with van der Waals surface area (Å²) >= 11 is 0. The lowest BCUT2D eigenvalue weighted by molar-refractivity contribution is 0.0692. The minimum Gasteiger partial charge on any atom is -0.477 e. The molecule has 0 spiro atoms. The zero-order valence-electron chi connectivity index (χ0n) is 12.9. The first-order valence-electron chi connectivity index (χ1n) is 7.04. The van der Waals surface area contributed by atoms with Crippen molar-refractivity contribution in [1.29, 1.82) is 0 Å². The fourth-order valence-electron chi connectivity index (χ4n) is 1.93. The van der Waals surface area contributed by atoms with Crippen LogP contribution in [0.25, 0.3) is 0 Å². The molecule has 3 N–H and O–H groups in total. The third kappa shape index (κ3) is 4.23. The molecule has 0 unspecified atom stereocenters. The average Bonchev–Trinajstić information content (AvgIpc) is 2.88. The van der Waals surface area contributed by atoms with E-state index >= 15 is 0 Å². The van der Waals surface area contributed by atoms with Gasteiger partial charge in [-0.25, -0.2) is 14.3 Å². The van der Waals surface area contributed by atoms with E-state index in [1.54, 1.807) is 12.1 Å². The Balaban J connectivity index is 2.09. The van der Waals surface area contributed by atoms with Gasteiger partial charge in [-0.3, -0.25) is 5.32 Å². The summed E-state index contributed by atoms with van der Waals surface area (Å²) in [6.45, 7) is -0.368. The van der Waals surface area contributed by atoms with Crippen LogP contribution in [0, 0.1) is 0 Å². The van der Waals surface area contributed by atoms with Crippen LogP contribution in [0.4, 0.5) is 10.6 Å². The smallest absolute Gasteiger partial charge is 0.413 e. The normalized spacial score (nSPS) is 10.2. The lowest BCUT2D eigenvalue weighted by Gasteiger charge is -2.08. The molecule has 1 aromatic heterocycles. The van der Waals surface area contributed by atoms with E-state index in [4.69, 9.17) is 14.6 Å². The third-order valence-electron chi connectivity index (χ3n) is 2.99. The van der Waals surface area contributed by atoms with Crippen LogP contribution >= 0.6 is 0 Å². The van der Waals surface area contributed by atoms with Crippen molar-refractivity contribution in [2.75, 3.05) is 18.5 Å². The minimum atomic E-state index is -1.32. The number of aryl methyl sites for hydroxylation is 1. The quantitative estimate of drug-likeness (QED) is 0.695. The number of aliphatic hydroxyl groups is 1. The van der Waals surface area contributed by atoms with Crippen molar-refractivity contribution in [2.45, 2.75) is 6.61 Å². The molecule has 1 aromatic carbocycles. The van der Waals surface area contributed by atoms with Gasteiger partial charge in [-0.15, -0.1) is 5.10 Å². The molecule has 0 saturated heterocycles. The van der Waals surface area contributed by atoms with Gasteiger partial charge in [0.2, 0.25) is 5.88 Å². The van der Waals surface area contributed by atoms with Crippen molar-refractivity contribution >= 4 is 17.9 Å². The molecule has 0 fully saturated rings. The summed E-state index contributed by atoms with van der Waals surface area (Å²) < 4.78 is 11.3. The number of nitrogens with zero attached hydrogens (tertiary/aromatic N) is 2. The second-order valence-corrected chi connectivity index (χ2v) is 4.72. The van der Waals surface area contributed by atoms with Crippen molar-refractivity contribution in [3.05, 3.63) is 41.5 Å². The highest BCUT2D eigenvalue weighted by Crippen LogP contribution is 2.25. The third-order valence-corrected chi connectivity index (χ3v) is 2.99. The molecule has 128 valence electrons. The van der Waals surface area contributed by atoms with Gasteiger partial charge in [0, 0.05) is 7.05 Å². The van der Waals surface area contributed by atoms with E-state index in [0.29, 0.717) is 0 Å². The SMILES string of the molecule is Cn1nc(OCCO)c(C(=O)O)c1NC(=O)OCc1ccccc1. The molecule has 0 atom stereocenters. The number of aromatic carboxylic acids is 1. The molecule has 0 aliphatic carbocycles. The first-order chi connectivity index (χ1) is 11.5. The molecule has 1 heterocycles. The maximum atomic E-state index is 11.9. The first kappa shape index (κ1) is 17.3. The maximum Gasteiger partial charge on any atom is 0.413 e. The monoisotopic (exact) mass is 335 g/mol. The summed E-state index contributed by atoms with van der Waals surface area (Å²) in [5.41, 5.74) is 0.477. The molecule has 9 heteroatoms. The van der Waals surface area contributed by atoms with E-state index in [-0.39, 0.29) is 37.1 Å². The van der Waals surface area contributed by atoms with Crippen molar-refractivity contribution in [1.82, 2.24) is 9.78 Å². The lowest BCUT2D eigenvalue weighted by atomic mass is 10.2. The van der Waals surface area contributed by atoms with E-state index in [1.165, 1.54) is 7.05 Å². The maximum absolute atomic E-state index is 11.9. The summed E-state index contributed by atoms with van der Waals surface area (Å²) in [6.07, 6.45) is -0.821. The van der Waals surface area contributed by atoms with Gasteiger partial charge in [0.15, 0.2) is 11.4 Å². The van der Waals surface area contributed by atoms with Crippen LogP contribution in [-0.2, 0) is 18.4 Å². The number of carboxylic acids is 1. The molecule has 0 saturated carbocycles. The highest BCUT2D eigenvalue weighted by Gasteiger charge is 2.25. The zero-order chi connectivity index (χ0) is 17.5. The molecule has 1 amide bonds. The number of hydrogen-bond acceptors (Lipinski definition) is 6. The number of carboxylic acid groups (broad SMARTS) is 1. The van der Waals surface area contributed by atoms with E-state index in [2.05, 4.69) is 10.4 Å². The molecule has 0 bridgehead atoms. The van der Waals surface area contributed by atoms with E-state index in [1.807, 2.05) is 18.2 Å². The van der Waals surface area contributed by atoms with Crippen molar-refractivity contribution in [3.8, 4) is 5.88 Å². The Bertz CT molecular complexity index is 713. The molecule has 2 aromatic rings. The topological polar surface area (TPSA) is 123 Å². The van der Waals surface area contributed by atoms with E-state index in [9.17, 15) is 14.7 Å². The standard InChI is InChI=1S/C15H17N3O6/c1-18-12(11(14(20)21)13(17-18)23-8-7-19)16-15(22)24-9-10-5-3-2-4-6-10/h2-6,19H,7-9H2,1H3,(H,16,22)(H,20,21). The molecule has 0 aliphatic heterocycles. The van der Waals surface area contributed by atoms with Crippen LogP contribution in [0.2, 0.25) is 0 Å². The van der Waals surface area contributed by atoms with Gasteiger partial charge in [0.25, 0.3) is 0 Å². The summed E-state index contributed by atoms with van der Waals surface area (Å²) in [5.74, 6) is -1.60. The van der Waals surface area contributed by atoms with Crippen LogP contribution in [0.5, 0.6) is 5.88 Å². The number of ether oxygens (including phenoxy) is 2. The molecular weight excluding hydrogens is 318 g/mol. The van der Waals surface area contributed by atoms with E-state index in [0.717, 1.165) is 10.2 Å². The summed E-state index contributed by atoms with van der Waals surface area (Å²) in [6, 6.07) is 9.05. The highest BCUT2D eigenvalue weighted by molar-refractivity contribution is 5.99. The second kappa shape index (κ2) is 7.97. The van der Waals surface area contributed by atoms with E-state index < -0.39 is 12.1 Å². The Hall–Kier alpha value is -3.07. The fourth-order valence-corrected chi connectivity index (χ4v) is 1.93. The van der Waals surface area contributed by atoms with Crippen LogP contribution < -0.4 is 10.1 Å². The lowest BCUT2D eigenvalue weighted by Crippen LogP contribution is -2.18. The number of rotatable bonds is 7. The predicted molar refractivity (Wildman–Crippen MR) is 83.0 cm³/mol. The van der Waals surface area contributed by atoms with Crippen LogP contribution in [0.15, 0.2) is 30.3 Å². The number of benzene rings is 1. The summed E-state index contributed by atoms with van der Waals surface area (Å²) in [7, 11) is 1.45. The molecule has 0 radical (unpaired) electrons. The largest absolute Gasteiger partial charge is 0.477 e. The summed E-state index contributed by atoms with van der Waals surface area (Å²) in [5, 5.41) is 24.3. The van der Waals surface area contributed by atoms with Gasteiger partial charge in [-0.05, 0) is 5.56 Å². The number of aromatic nitrogens is 2. The molecule has 2 rings (SSSR count). The Kier molecular flexibility index (Phi) is 5.74. The Morgan fingerprint density at radius 1 is 1.29 bits per heavy atom. The zero-order valence-corrected chi connectivity index (χ0v) is 12.9. The second-order valence-electron chi connectivity index (χ2n) is 4.72. The van der Waals surface area contributed by atoms with Gasteiger partial charge in [0.05, 0.1) is 6.61 Å². The first-order valence-corrected chi connectivity index (χ1v) is 7.04. The summed E-state index contributed by atoms with van der Waals surface area (Å²) in [4.78, 5) is 23.3. The average molecular weight is 335 g/mol. The number of carbonyl (C=O) groups is 2. The molecule has 24 heavy (non-hydrogen) atoms. The number of amides is 1. The van der Waals surface area contributed by atoms with Crippen LogP contribution in [-0.4, -0.2) is 45.3 Å². The minimum absolute atomic E-state index is 0.0425. The fraction of sp³-hybridized carbons (Fsp3) is 0.267. The van der Waals surface area contributed by atoms with Gasteiger partial charge in [0.1, 0.15) is 13.2 Å². The molecule has 0 aliphatic rings. The highest BCUT2D eigenvalue weighted by atomic mass is 16.5. The van der Waals surface area contributed by atoms with Crippen molar-refractivity contribution in [3.63, 3.8) is 0 Å². The Labute approximate surface area is 137 Å². The van der Waals surface area contributed by atoms with Gasteiger partial charge >= 0.3 is 12.1 Å². The predicted octanol–water partition coefficient (Wildman–Crippen LogP) is 1.24. The molecule has 9 nitrogen and oxygen atoms in total. The Morgan fingerprint density at radius 3 is 2.62 bits per heavy atom. The number of anilines is 1. The Morgan fingerprint density at radius 2 is 2.00 bits per heavy atom. The van der Waals surface area contributed by atoms with Crippen molar-refractivity contribution in [2.24, 2.45) is 7.05 Å². The van der Waals surface area contributed by atoms with Crippen LogP contribution in [0.1, 0.15) is 15.9 Å². The van der Waals surface area contributed by atoms with Crippen molar-refractivity contribution < 1.29 is 29.3 Å². The van der Waals surface area contributed by atoms with Gasteiger partial charge in [-0.1, -0.05) is 30.3 Å². The number of hydrogen-bond donors (Lipinski definition) is 3. The van der Waals surface area contributed by atoms with Gasteiger partial charge in [-0.2, -0.15) is 0 Å². The number of nitrogens with one attached hydrogen (secondary N) is 1. The number of aliphatic hydroxyl groups excluding tert-OH is 1. The number of carbonyl (C=O) groups excluding carboxylic acids is 1.